The number of hydrogen-bond acceptors (Lipinski definition) is 18. The molecule has 18 nitrogen and oxygen atoms in total. The number of nitrogens with zero attached hydrogens (tertiary/aromatic N) is 2. The van der Waals surface area contributed by atoms with Crippen LogP contribution in [0.2, 0.25) is 0 Å². The molecule has 64 heavy (non-hydrogen) atoms. The molecule has 0 unspecified atom stereocenters. The Morgan fingerprint density at radius 3 is 1.89 bits per heavy atom. The number of cyclic esters (lactones) is 1. The number of ether oxygens (including phenoxy) is 8. The fourth-order valence-corrected chi connectivity index (χ4v) is 10.6. The first kappa shape index (κ1) is 54.7. The standard InChI is InChI=1S/C46H82N2O16/c1-17-32-46(12,56)39(53)24(4)35(50)22(2)20-45(11,64-33-19-31(48(15)16)36(51)27(7)58-33)40(63-43-37(52)30(47(13)14)18-23(3)57-43)25(5)38(26(6)42(54)61-32)62-34-21-44(10,55)41(28(8)59-34)60-29(9)49/h22-28,30-34,36-41,43,51-53,55-56H,17-21H2,1-16H3/t22-,23-,24+,25+,26-,27+,28+,30+,31-,32-,33+,34+,36+,37-,38+,39-,40-,41+,43+,44-,45-,46-/m1/s1. The molecule has 0 spiro atoms. The van der Waals surface area contributed by atoms with Gasteiger partial charge in [0.2, 0.25) is 0 Å². The van der Waals surface area contributed by atoms with Crippen LogP contribution < -0.4 is 0 Å². The molecule has 4 heterocycles. The second kappa shape index (κ2) is 21.6. The minimum Gasteiger partial charge on any atom is -0.459 e. The van der Waals surface area contributed by atoms with E-state index in [2.05, 4.69) is 0 Å². The van der Waals surface area contributed by atoms with E-state index in [0.717, 1.165) is 0 Å². The van der Waals surface area contributed by atoms with E-state index in [-0.39, 0.29) is 43.9 Å². The van der Waals surface area contributed by atoms with Gasteiger partial charge in [-0.25, -0.2) is 0 Å². The largest absolute Gasteiger partial charge is 0.459 e. The number of aliphatic hydroxyl groups excluding tert-OH is 3. The number of aliphatic hydroxyl groups is 5. The molecule has 0 saturated carbocycles. The maximum Gasteiger partial charge on any atom is 0.311 e. The SMILES string of the molecule is CC[C@H]1OC(=O)[C@H](C)[C@@H](O[C@H]2C[C@@](C)(O)[C@@H](OC(C)=O)[C@H](C)O2)[C@H](C)[C@@H](O[C@@H]2O[C@H](C)C[C@H](N(C)C)[C@H]2O)[C@](C)(O[C@H]2C[C@@H](N(C)C)[C@@H](O)[C@H](C)O2)C[C@@H](C)C(=O)[C@H](C)[C@@H](O)[C@]1(C)O. The molecule has 4 aliphatic rings. The lowest BCUT2D eigenvalue weighted by Crippen LogP contribution is -2.63. The highest BCUT2D eigenvalue weighted by molar-refractivity contribution is 5.83. The van der Waals surface area contributed by atoms with Crippen LogP contribution in [0.4, 0.5) is 0 Å². The van der Waals surface area contributed by atoms with Crippen LogP contribution in [0.25, 0.3) is 0 Å². The molecule has 5 N–H and O–H groups in total. The van der Waals surface area contributed by atoms with Crippen LogP contribution in [0, 0.1) is 23.7 Å². The van der Waals surface area contributed by atoms with Crippen molar-refractivity contribution in [1.82, 2.24) is 9.80 Å². The third-order valence-electron chi connectivity index (χ3n) is 14.3. The van der Waals surface area contributed by atoms with Crippen LogP contribution >= 0.6 is 0 Å². The normalized spacial score (nSPS) is 48.1. The van der Waals surface area contributed by atoms with Crippen LogP contribution in [0.3, 0.4) is 0 Å². The molecular weight excluding hydrogens is 837 g/mol. The van der Waals surface area contributed by atoms with Gasteiger partial charge < -0.3 is 73.2 Å². The Morgan fingerprint density at radius 2 is 1.34 bits per heavy atom. The van der Waals surface area contributed by atoms with E-state index in [1.807, 2.05) is 44.9 Å². The summed E-state index contributed by atoms with van der Waals surface area (Å²) >= 11 is 0. The van der Waals surface area contributed by atoms with Gasteiger partial charge in [-0.15, -0.1) is 0 Å². The highest BCUT2D eigenvalue weighted by Gasteiger charge is 2.56. The van der Waals surface area contributed by atoms with E-state index in [0.29, 0.717) is 6.42 Å². The first-order chi connectivity index (χ1) is 29.5. The topological polar surface area (TPSA) is 233 Å². The summed E-state index contributed by atoms with van der Waals surface area (Å²) in [4.78, 5) is 44.9. The number of ketones is 1. The number of esters is 2. The average molecular weight is 919 g/mol. The van der Waals surface area contributed by atoms with Crippen molar-refractivity contribution in [1.29, 1.82) is 0 Å². The maximum atomic E-state index is 14.6. The van der Waals surface area contributed by atoms with Gasteiger partial charge >= 0.3 is 11.9 Å². The molecule has 0 aromatic rings. The average Bonchev–Trinajstić information content (AvgIpc) is 3.19. The number of carbonyl (C=O) groups excluding carboxylic acids is 3. The minimum atomic E-state index is -2.06. The molecule has 4 saturated heterocycles. The molecule has 22 atom stereocenters. The van der Waals surface area contributed by atoms with Crippen LogP contribution in [-0.2, 0) is 52.3 Å². The fraction of sp³-hybridized carbons (Fsp3) is 0.935. The Hall–Kier alpha value is -1.91. The van der Waals surface area contributed by atoms with Gasteiger partial charge in [0, 0.05) is 49.6 Å². The highest BCUT2D eigenvalue weighted by atomic mass is 16.7. The van der Waals surface area contributed by atoms with Gasteiger partial charge in [0.15, 0.2) is 25.0 Å². The number of Topliss-reactive ketones (excluding diaryl/α,β-unsaturated/α-hetero) is 1. The van der Waals surface area contributed by atoms with Crippen molar-refractivity contribution in [3.63, 3.8) is 0 Å². The zero-order valence-electron chi connectivity index (χ0n) is 41.1. The molecule has 18 heteroatoms. The second-order valence-electron chi connectivity index (χ2n) is 20.5. The van der Waals surface area contributed by atoms with Gasteiger partial charge in [-0.05, 0) is 95.9 Å². The fourth-order valence-electron chi connectivity index (χ4n) is 10.6. The summed E-state index contributed by atoms with van der Waals surface area (Å²) in [7, 11) is 7.39. The molecule has 4 aliphatic heterocycles. The predicted molar refractivity (Wildman–Crippen MR) is 232 cm³/mol. The van der Waals surface area contributed by atoms with E-state index in [4.69, 9.17) is 37.9 Å². The Kier molecular flexibility index (Phi) is 18.4. The van der Waals surface area contributed by atoms with Crippen LogP contribution in [0.1, 0.15) is 115 Å². The summed E-state index contributed by atoms with van der Waals surface area (Å²) in [5.41, 5.74) is -5.26. The van der Waals surface area contributed by atoms with Gasteiger partial charge in [0.05, 0.1) is 54.2 Å². The quantitative estimate of drug-likeness (QED) is 0.198. The summed E-state index contributed by atoms with van der Waals surface area (Å²) in [6.45, 7) is 19.4. The lowest BCUT2D eigenvalue weighted by atomic mass is 9.73. The van der Waals surface area contributed by atoms with Crippen molar-refractivity contribution < 1.29 is 77.8 Å². The first-order valence-corrected chi connectivity index (χ1v) is 23.2. The van der Waals surface area contributed by atoms with Crippen molar-refractivity contribution in [2.45, 2.75) is 224 Å². The van der Waals surface area contributed by atoms with E-state index in [1.54, 1.807) is 48.5 Å². The van der Waals surface area contributed by atoms with Crippen molar-refractivity contribution in [2.75, 3.05) is 28.2 Å². The van der Waals surface area contributed by atoms with Gasteiger partial charge in [0.1, 0.15) is 29.2 Å². The highest BCUT2D eigenvalue weighted by Crippen LogP contribution is 2.43. The maximum absolute atomic E-state index is 14.6. The minimum absolute atomic E-state index is 0.0581. The lowest BCUT2D eigenvalue weighted by Gasteiger charge is -2.51. The summed E-state index contributed by atoms with van der Waals surface area (Å²) in [5.74, 6) is -5.89. The van der Waals surface area contributed by atoms with Crippen LogP contribution in [-0.4, -0.2) is 190 Å². The lowest BCUT2D eigenvalue weighted by molar-refractivity contribution is -0.340. The molecule has 0 radical (unpaired) electrons. The molecule has 4 rings (SSSR count). The Bertz CT molecular complexity index is 1560. The summed E-state index contributed by atoms with van der Waals surface area (Å²) < 4.78 is 51.5. The van der Waals surface area contributed by atoms with Gasteiger partial charge in [-0.2, -0.15) is 0 Å². The van der Waals surface area contributed by atoms with Crippen molar-refractivity contribution >= 4 is 17.7 Å². The molecule has 0 aliphatic carbocycles. The van der Waals surface area contributed by atoms with Crippen LogP contribution in [0.5, 0.6) is 0 Å². The third-order valence-corrected chi connectivity index (χ3v) is 14.3. The summed E-state index contributed by atoms with van der Waals surface area (Å²) in [5, 5.41) is 58.4. The molecule has 0 bridgehead atoms. The first-order valence-electron chi connectivity index (χ1n) is 23.2. The second-order valence-corrected chi connectivity index (χ2v) is 20.5. The molecule has 372 valence electrons. The van der Waals surface area contributed by atoms with Gasteiger partial charge in [0.25, 0.3) is 0 Å². The van der Waals surface area contributed by atoms with Crippen LogP contribution in [0.15, 0.2) is 0 Å². The summed E-state index contributed by atoms with van der Waals surface area (Å²) in [6, 6.07) is -0.771. The monoisotopic (exact) mass is 919 g/mol. The Morgan fingerprint density at radius 1 is 0.766 bits per heavy atom. The summed E-state index contributed by atoms with van der Waals surface area (Å²) in [6.07, 6.45) is -13.1. The third kappa shape index (κ3) is 12.2. The molecule has 0 aromatic carbocycles. The van der Waals surface area contributed by atoms with E-state index in [1.165, 1.54) is 27.7 Å². The van der Waals surface area contributed by atoms with Crippen molar-refractivity contribution in [3.05, 3.63) is 0 Å². The number of rotatable bonds is 10. The number of carbonyl (C=O) groups is 3. The zero-order chi connectivity index (χ0) is 48.5. The van der Waals surface area contributed by atoms with E-state index >= 15 is 0 Å². The van der Waals surface area contributed by atoms with Crippen molar-refractivity contribution in [2.24, 2.45) is 23.7 Å². The van der Waals surface area contributed by atoms with Gasteiger partial charge in [-0.3, -0.25) is 14.4 Å². The van der Waals surface area contributed by atoms with Gasteiger partial charge in [-0.1, -0.05) is 27.7 Å². The van der Waals surface area contributed by atoms with E-state index in [9.17, 15) is 39.9 Å². The molecule has 0 aromatic heterocycles. The molecule has 0 amide bonds. The number of likely N-dealkylation sites (N-methyl/N-ethyl adjacent to an activating group) is 2. The number of hydrogen-bond donors (Lipinski definition) is 5. The smallest absolute Gasteiger partial charge is 0.311 e. The Labute approximate surface area is 380 Å². The van der Waals surface area contributed by atoms with Crippen molar-refractivity contribution in [3.8, 4) is 0 Å². The predicted octanol–water partition coefficient (Wildman–Crippen LogP) is 2.15. The Balaban J connectivity index is 1.97. The zero-order valence-corrected chi connectivity index (χ0v) is 41.1. The molecular formula is C46H82N2O16. The van der Waals surface area contributed by atoms with E-state index < -0.39 is 132 Å². The molecule has 4 fully saturated rings.